The Morgan fingerprint density at radius 1 is 0.493 bits per heavy atom. The molecule has 2 aliphatic carbocycles. The smallest absolute Gasteiger partial charge is 0.335 e. The molecule has 30 heteroatoms. The minimum atomic E-state index is -1.83. The number of carboxylic acids is 1. The van der Waals surface area contributed by atoms with E-state index in [0.717, 1.165) is 17.6 Å². The zero-order chi connectivity index (χ0) is 96.7. The van der Waals surface area contributed by atoms with Crippen LogP contribution in [0.2, 0.25) is 0 Å². The number of rotatable bonds is 18. The SMILES string of the molecule is CC[C@H](C)[C@H]1O[C@]2(C=C[C@@H]1C)C[C@@H]1C[C@@H](C/C=C(\C)[C@@H](O[C@H]3C[C@H](OC)[C@@H](O[C@H]4C[C@@H](OC)[C@H](NC)[C@@H](C)O4)[C@H](C)O3)[C@@H](C)/C=C/C=C3\CO[C@@H]4[C@H](O)C(C)=C[C@@H](C(=O)O1)[C@]34O)O2.CN[C@@H]1[C@@H](C)O[C@@H](O[C@H]2[C@H](C)O[C@@H](O[C@@H]3/C(C)=C\C[C@@H]4C[C@@H](C[C@]5(C=C[C@H](C)[C@@H](C(C)C)O5)O4)OC(=O)[C@@H]4C=C(C)[C@@H](O)[C@H]5OCC(=C/C=C/[C@@H]3C)[C@]54O)C[C@@H]2OC)C[C@H]1OC.O=C(O)c1ccccc1. The van der Waals surface area contributed by atoms with Gasteiger partial charge >= 0.3 is 17.9 Å². The number of allylic oxidation sites excluding steroid dienone is 4. The zero-order valence-electron chi connectivity index (χ0n) is 82.6. The van der Waals surface area contributed by atoms with Gasteiger partial charge in [-0.05, 0) is 152 Å². The Hall–Kier alpha value is -5.93. The van der Waals surface area contributed by atoms with Gasteiger partial charge in [-0.1, -0.05) is 153 Å². The van der Waals surface area contributed by atoms with Crippen LogP contribution in [0.15, 0.2) is 149 Å². The second-order valence-corrected chi connectivity index (χ2v) is 40.1. The van der Waals surface area contributed by atoms with Crippen molar-refractivity contribution in [2.24, 2.45) is 47.3 Å². The van der Waals surface area contributed by atoms with Crippen LogP contribution in [-0.2, 0) is 104 Å². The first-order chi connectivity index (χ1) is 63.8. The lowest BCUT2D eigenvalue weighted by molar-refractivity contribution is -0.312. The maximum Gasteiger partial charge on any atom is 0.335 e. The number of aromatic carboxylic acids is 1. The number of benzene rings is 1. The molecule has 12 aliphatic heterocycles. The molecule has 4 bridgehead atoms. The van der Waals surface area contributed by atoms with Crippen LogP contribution in [0.25, 0.3) is 0 Å². The second-order valence-electron chi connectivity index (χ2n) is 40.1. The molecule has 14 aliphatic rings. The maximum atomic E-state index is 14.4. The number of nitrogens with one attached hydrogen (secondary N) is 2. The van der Waals surface area contributed by atoms with Crippen molar-refractivity contribution in [1.29, 1.82) is 0 Å². The lowest BCUT2D eigenvalue weighted by Gasteiger charge is -2.48. The van der Waals surface area contributed by atoms with Gasteiger partial charge in [0.1, 0.15) is 71.9 Å². The van der Waals surface area contributed by atoms with Crippen molar-refractivity contribution in [2.75, 3.05) is 55.7 Å². The van der Waals surface area contributed by atoms with Gasteiger partial charge in [0, 0.05) is 103 Å². The molecule has 748 valence electrons. The average molecular weight is 1880 g/mol. The number of esters is 2. The Labute approximate surface area is 792 Å². The summed E-state index contributed by atoms with van der Waals surface area (Å²) >= 11 is 0. The fraction of sp³-hybridized carbons (Fsp3) is 0.721. The molecular weight excluding hydrogens is 1730 g/mol. The average Bonchev–Trinajstić information content (AvgIpc) is 1.56. The van der Waals surface area contributed by atoms with E-state index in [1.54, 1.807) is 96.9 Å². The van der Waals surface area contributed by atoms with E-state index in [-0.39, 0.29) is 134 Å². The molecule has 0 unspecified atom stereocenters. The number of carbonyl (C=O) groups excluding carboxylic acids is 2. The molecule has 0 radical (unpaired) electrons. The molecule has 12 heterocycles. The van der Waals surface area contributed by atoms with E-state index in [1.165, 1.54) is 0 Å². The van der Waals surface area contributed by atoms with Crippen molar-refractivity contribution >= 4 is 17.9 Å². The van der Waals surface area contributed by atoms with Crippen molar-refractivity contribution < 1.29 is 135 Å². The van der Waals surface area contributed by atoms with E-state index in [2.05, 4.69) is 104 Å². The highest BCUT2D eigenvalue weighted by molar-refractivity contribution is 5.87. The Morgan fingerprint density at radius 3 is 1.26 bits per heavy atom. The highest BCUT2D eigenvalue weighted by Crippen LogP contribution is 2.51. The van der Waals surface area contributed by atoms with Gasteiger partial charge < -0.3 is 131 Å². The minimum Gasteiger partial charge on any atom is -0.478 e. The molecule has 134 heavy (non-hydrogen) atoms. The van der Waals surface area contributed by atoms with Crippen molar-refractivity contribution in [3.63, 3.8) is 0 Å². The Kier molecular flexibility index (Phi) is 36.0. The number of methoxy groups -OCH3 is 4. The van der Waals surface area contributed by atoms with Gasteiger partial charge in [0.2, 0.25) is 0 Å². The summed E-state index contributed by atoms with van der Waals surface area (Å²) in [6, 6.07) is 8.38. The summed E-state index contributed by atoms with van der Waals surface area (Å²) in [6.07, 6.45) is 20.5. The standard InChI is InChI=1S/C49H75NO13.C48H73NO13.C7H6O2/c1-12-26(2)44-29(5)18-19-48(63-44)24-35-21-34(62-48)17-16-28(4)43(27(3)14-13-15-33-25-56-46-42(51)30(6)20-36(47(52)59-35)49(33,46)53)60-40-23-38(55-11)45(32(8)58-40)61-39-22-37(54-10)41(50-9)31(7)57-39;1-25(2)42-28(5)17-18-47(62-42)23-34-20-33(61-47)16-15-27(4)43(26(3)13-12-14-32-24-55-45-41(50)29(6)19-35(46(51)58-34)48(32,45)52)59-39-22-37(54-11)44(31(8)57-39)60-38-21-36(53-10)40(49-9)30(7)56-38;8-7(9)6-4-2-1-3-5-6/h13-16,18-20,26-27,29,31-32,34-46,50-51,53H,12,17,21-25H2,1-11H3;12-15,17-19,25-26,28,30-31,33-45,49-50,52H,16,20-24H2,1-11H3;1-5H,(H,8,9)/b14-13+,28-16+,33-15+;13-12+,27-15-,32-14?;/t26-,27-,29-,31+,32-,34+,35-,36-,37+,38-,39-,40-,41+,42+,43-,44+,45-,46+,48+,49+;26-,28-,30+,31-,33+,34-,35-,36+,37-,38-,39-,40+,41+,42+,43-,44-,45+,47+,48+;/m00./s1. The fourth-order valence-corrected chi connectivity index (χ4v) is 22.5. The number of hydrogen-bond donors (Lipinski definition) is 7. The van der Waals surface area contributed by atoms with Crippen LogP contribution in [0.5, 0.6) is 0 Å². The molecule has 7 N–H and O–H groups in total. The number of fused-ring (bicyclic) bond motifs is 4. The topological polar surface area (TPSA) is 361 Å². The molecule has 1 aromatic carbocycles. The third-order valence-corrected chi connectivity index (χ3v) is 30.2. The lowest BCUT2D eigenvalue weighted by Crippen LogP contribution is -2.58. The van der Waals surface area contributed by atoms with E-state index >= 15 is 0 Å². The molecular formula is C104H154N2O28. The molecule has 0 amide bonds. The monoisotopic (exact) mass is 1880 g/mol. The number of likely N-dealkylation sites (N-methyl/N-ethyl adjacent to an activating group) is 2. The highest BCUT2D eigenvalue weighted by atomic mass is 16.8. The van der Waals surface area contributed by atoms with E-state index < -0.39 is 139 Å². The molecule has 2 spiro atoms. The number of aliphatic hydroxyl groups is 4. The largest absolute Gasteiger partial charge is 0.478 e. The van der Waals surface area contributed by atoms with Crippen LogP contribution in [0, 0.1) is 47.3 Å². The van der Waals surface area contributed by atoms with Crippen molar-refractivity contribution in [3.05, 3.63) is 154 Å². The molecule has 15 rings (SSSR count). The molecule has 39 atom stereocenters. The number of carboxylic acid groups (broad SMARTS) is 1. The first-order valence-corrected chi connectivity index (χ1v) is 48.8. The van der Waals surface area contributed by atoms with Gasteiger partial charge in [-0.25, -0.2) is 4.79 Å². The second kappa shape index (κ2) is 45.8. The normalized spacial score (nSPS) is 45.6. The Morgan fingerprint density at radius 2 is 0.881 bits per heavy atom. The van der Waals surface area contributed by atoms with Crippen LogP contribution in [0.4, 0.5) is 0 Å². The van der Waals surface area contributed by atoms with Gasteiger partial charge in [0.25, 0.3) is 0 Å². The van der Waals surface area contributed by atoms with E-state index in [0.29, 0.717) is 92.1 Å². The van der Waals surface area contributed by atoms with Gasteiger partial charge in [-0.3, -0.25) is 9.59 Å². The number of ether oxygens (including phenoxy) is 20. The molecule has 0 saturated carbocycles. The lowest BCUT2D eigenvalue weighted by atomic mass is 9.71. The predicted octanol–water partition coefficient (Wildman–Crippen LogP) is 12.2. The van der Waals surface area contributed by atoms with Gasteiger partial charge in [-0.2, -0.15) is 0 Å². The van der Waals surface area contributed by atoms with Crippen LogP contribution in [-0.4, -0.2) is 293 Å². The Bertz CT molecular complexity index is 4410. The van der Waals surface area contributed by atoms with Gasteiger partial charge in [0.15, 0.2) is 36.7 Å². The minimum absolute atomic E-state index is 0.0407. The first-order valence-electron chi connectivity index (χ1n) is 48.8. The molecule has 1 aromatic rings. The number of aliphatic hydroxyl groups excluding tert-OH is 2. The molecule has 30 nitrogen and oxygen atoms in total. The van der Waals surface area contributed by atoms with Crippen molar-refractivity contribution in [1.82, 2.24) is 10.6 Å². The summed E-state index contributed by atoms with van der Waals surface area (Å²) < 4.78 is 129. The fourth-order valence-electron chi connectivity index (χ4n) is 22.5. The highest BCUT2D eigenvalue weighted by Gasteiger charge is 2.63. The van der Waals surface area contributed by atoms with Crippen molar-refractivity contribution in [2.45, 2.75) is 376 Å². The van der Waals surface area contributed by atoms with Gasteiger partial charge in [0.05, 0.1) is 116 Å². The summed E-state index contributed by atoms with van der Waals surface area (Å²) in [7, 11) is 10.6. The van der Waals surface area contributed by atoms with Crippen molar-refractivity contribution in [3.8, 4) is 0 Å². The molecule has 8 fully saturated rings. The summed E-state index contributed by atoms with van der Waals surface area (Å²) in [5, 5.41) is 62.5. The first kappa shape index (κ1) is 105. The van der Waals surface area contributed by atoms with E-state index in [9.17, 15) is 34.8 Å². The van der Waals surface area contributed by atoms with Gasteiger partial charge in [-0.15, -0.1) is 0 Å². The summed E-state index contributed by atoms with van der Waals surface area (Å²) in [4.78, 5) is 38.9. The summed E-state index contributed by atoms with van der Waals surface area (Å²) in [6.45, 7) is 32.7. The van der Waals surface area contributed by atoms with Crippen LogP contribution in [0.3, 0.4) is 0 Å². The molecule has 8 saturated heterocycles. The maximum absolute atomic E-state index is 14.4. The third kappa shape index (κ3) is 23.4. The van der Waals surface area contributed by atoms with E-state index in [4.69, 9.17) is 99.8 Å². The van der Waals surface area contributed by atoms with E-state index in [1.807, 2.05) is 78.2 Å². The van der Waals surface area contributed by atoms with Crippen LogP contribution in [0.1, 0.15) is 192 Å². The number of hydrogen-bond acceptors (Lipinski definition) is 29. The van der Waals surface area contributed by atoms with Crippen LogP contribution < -0.4 is 10.6 Å². The third-order valence-electron chi connectivity index (χ3n) is 30.2. The Balaban J connectivity index is 0.000000207. The summed E-state index contributed by atoms with van der Waals surface area (Å²) in [5.41, 5.74) is 0.686. The quantitative estimate of drug-likeness (QED) is 0.0530. The molecule has 0 aromatic heterocycles. The predicted molar refractivity (Wildman–Crippen MR) is 497 cm³/mol. The number of carbonyl (C=O) groups is 3. The summed E-state index contributed by atoms with van der Waals surface area (Å²) in [5.74, 6) is -5.95. The van der Waals surface area contributed by atoms with Crippen LogP contribution >= 0.6 is 0 Å². The zero-order valence-corrected chi connectivity index (χ0v) is 82.6.